The van der Waals surface area contributed by atoms with Gasteiger partial charge in [-0.05, 0) is 25.0 Å². The number of rotatable bonds is 6. The molecule has 0 heterocycles. The summed E-state index contributed by atoms with van der Waals surface area (Å²) in [4.78, 5) is 0.193. The van der Waals surface area contributed by atoms with Crippen LogP contribution in [0.1, 0.15) is 32.3 Å². The van der Waals surface area contributed by atoms with Gasteiger partial charge >= 0.3 is 0 Å². The molecule has 0 spiro atoms. The summed E-state index contributed by atoms with van der Waals surface area (Å²) in [5.74, 6) is 0. The van der Waals surface area contributed by atoms with E-state index < -0.39 is 10.0 Å². The second-order valence-electron chi connectivity index (χ2n) is 4.42. The predicted octanol–water partition coefficient (Wildman–Crippen LogP) is 1.99. The first-order valence-electron chi connectivity index (χ1n) is 6.12. The Morgan fingerprint density at radius 3 is 2.50 bits per heavy atom. The van der Waals surface area contributed by atoms with E-state index in [1.807, 2.05) is 13.8 Å². The minimum absolute atomic E-state index is 0.0493. The van der Waals surface area contributed by atoms with Crippen molar-refractivity contribution in [2.24, 2.45) is 0 Å². The minimum Gasteiger partial charge on any atom is -0.392 e. The van der Waals surface area contributed by atoms with Crippen LogP contribution in [0.2, 0.25) is 0 Å². The van der Waals surface area contributed by atoms with Gasteiger partial charge in [0.1, 0.15) is 0 Å². The van der Waals surface area contributed by atoms with Crippen LogP contribution in [0.3, 0.4) is 0 Å². The van der Waals surface area contributed by atoms with Gasteiger partial charge in [0.25, 0.3) is 0 Å². The second-order valence-corrected chi connectivity index (χ2v) is 6.39. The molecular weight excluding hydrogens is 250 g/mol. The zero-order valence-corrected chi connectivity index (χ0v) is 11.9. The molecule has 18 heavy (non-hydrogen) atoms. The van der Waals surface area contributed by atoms with Crippen molar-refractivity contribution in [3.05, 3.63) is 29.8 Å². The summed E-state index contributed by atoms with van der Waals surface area (Å²) in [7, 11) is -1.94. The third kappa shape index (κ3) is 3.10. The molecule has 1 unspecified atom stereocenters. The highest BCUT2D eigenvalue weighted by atomic mass is 32.2. The maximum Gasteiger partial charge on any atom is 0.243 e. The van der Waals surface area contributed by atoms with Crippen LogP contribution in [0.4, 0.5) is 0 Å². The lowest BCUT2D eigenvalue weighted by Crippen LogP contribution is -2.35. The first-order chi connectivity index (χ1) is 8.45. The topological polar surface area (TPSA) is 57.6 Å². The number of benzene rings is 1. The smallest absolute Gasteiger partial charge is 0.243 e. The fourth-order valence-electron chi connectivity index (χ4n) is 1.88. The molecule has 1 aromatic rings. The van der Waals surface area contributed by atoms with Gasteiger partial charge in [-0.2, -0.15) is 4.31 Å². The van der Waals surface area contributed by atoms with Crippen molar-refractivity contribution in [2.75, 3.05) is 7.05 Å². The quantitative estimate of drug-likeness (QED) is 0.861. The number of nitrogens with zero attached hydrogens (tertiary/aromatic N) is 1. The Bertz CT molecular complexity index is 485. The van der Waals surface area contributed by atoms with Gasteiger partial charge in [-0.1, -0.05) is 31.5 Å². The van der Waals surface area contributed by atoms with Gasteiger partial charge in [-0.25, -0.2) is 8.42 Å². The molecule has 0 amide bonds. The highest BCUT2D eigenvalue weighted by Crippen LogP contribution is 2.22. The lowest BCUT2D eigenvalue weighted by molar-refractivity contribution is 0.277. The average molecular weight is 271 g/mol. The van der Waals surface area contributed by atoms with E-state index in [1.54, 1.807) is 25.2 Å². The highest BCUT2D eigenvalue weighted by Gasteiger charge is 2.26. The summed E-state index contributed by atoms with van der Waals surface area (Å²) in [6.07, 6.45) is 1.75. The molecule has 4 nitrogen and oxygen atoms in total. The van der Waals surface area contributed by atoms with E-state index in [9.17, 15) is 13.5 Å². The van der Waals surface area contributed by atoms with E-state index in [0.29, 0.717) is 5.56 Å². The van der Waals surface area contributed by atoms with Crippen molar-refractivity contribution in [2.45, 2.75) is 44.2 Å². The number of aliphatic hydroxyl groups excluding tert-OH is 1. The SMILES string of the molecule is CCCC(C)N(C)S(=O)(=O)c1ccccc1CO. The molecule has 0 bridgehead atoms. The van der Waals surface area contributed by atoms with Gasteiger partial charge in [-0.15, -0.1) is 0 Å². The molecule has 1 aromatic carbocycles. The zero-order valence-electron chi connectivity index (χ0n) is 11.1. The molecule has 0 aromatic heterocycles. The Labute approximate surface area is 109 Å². The molecule has 0 aliphatic rings. The summed E-state index contributed by atoms with van der Waals surface area (Å²) < 4.78 is 26.3. The molecule has 1 N–H and O–H groups in total. The lowest BCUT2D eigenvalue weighted by Gasteiger charge is -2.24. The largest absolute Gasteiger partial charge is 0.392 e. The van der Waals surface area contributed by atoms with Gasteiger partial charge in [-0.3, -0.25) is 0 Å². The third-order valence-corrected chi connectivity index (χ3v) is 5.20. The molecule has 1 atom stereocenters. The van der Waals surface area contributed by atoms with E-state index in [4.69, 9.17) is 0 Å². The number of aliphatic hydroxyl groups is 1. The Morgan fingerprint density at radius 2 is 1.94 bits per heavy atom. The van der Waals surface area contributed by atoms with Crippen molar-refractivity contribution in [1.29, 1.82) is 0 Å². The van der Waals surface area contributed by atoms with Gasteiger partial charge in [0.15, 0.2) is 0 Å². The van der Waals surface area contributed by atoms with Crippen molar-refractivity contribution < 1.29 is 13.5 Å². The van der Waals surface area contributed by atoms with Crippen molar-refractivity contribution in [1.82, 2.24) is 4.31 Å². The molecule has 0 aliphatic heterocycles. The van der Waals surface area contributed by atoms with Gasteiger partial charge in [0, 0.05) is 13.1 Å². The predicted molar refractivity (Wildman–Crippen MR) is 71.7 cm³/mol. The van der Waals surface area contributed by atoms with Crippen molar-refractivity contribution in [3.8, 4) is 0 Å². The summed E-state index contributed by atoms with van der Waals surface area (Å²) in [5, 5.41) is 9.22. The van der Waals surface area contributed by atoms with E-state index in [2.05, 4.69) is 0 Å². The first kappa shape index (κ1) is 15.1. The summed E-state index contributed by atoms with van der Waals surface area (Å²) in [6, 6.07) is 6.51. The summed E-state index contributed by atoms with van der Waals surface area (Å²) >= 11 is 0. The molecule has 0 saturated heterocycles. The van der Waals surface area contributed by atoms with Gasteiger partial charge < -0.3 is 5.11 Å². The van der Waals surface area contributed by atoms with Crippen LogP contribution < -0.4 is 0 Å². The number of sulfonamides is 1. The third-order valence-electron chi connectivity index (χ3n) is 3.13. The summed E-state index contributed by atoms with van der Waals surface area (Å²) in [5.41, 5.74) is 0.438. The monoisotopic (exact) mass is 271 g/mol. The van der Waals surface area contributed by atoms with E-state index in [0.717, 1.165) is 12.8 Å². The maximum absolute atomic E-state index is 12.4. The van der Waals surface area contributed by atoms with Crippen LogP contribution in [0, 0.1) is 0 Å². The second kappa shape index (κ2) is 6.31. The van der Waals surface area contributed by atoms with Crippen LogP contribution >= 0.6 is 0 Å². The minimum atomic E-state index is -3.53. The average Bonchev–Trinajstić information content (AvgIpc) is 2.38. The van der Waals surface area contributed by atoms with Crippen molar-refractivity contribution in [3.63, 3.8) is 0 Å². The Hall–Kier alpha value is -0.910. The standard InChI is InChI=1S/C13H21NO3S/c1-4-7-11(2)14(3)18(16,17)13-9-6-5-8-12(13)10-15/h5-6,8-9,11,15H,4,7,10H2,1-3H3. The number of hydrogen-bond acceptors (Lipinski definition) is 3. The Balaban J connectivity index is 3.13. The fraction of sp³-hybridized carbons (Fsp3) is 0.538. The Kier molecular flexibility index (Phi) is 5.31. The molecule has 102 valence electrons. The first-order valence-corrected chi connectivity index (χ1v) is 7.56. The van der Waals surface area contributed by atoms with Crippen LogP contribution in [0.5, 0.6) is 0 Å². The molecular formula is C13H21NO3S. The van der Waals surface area contributed by atoms with Crippen LogP contribution in [0.15, 0.2) is 29.2 Å². The van der Waals surface area contributed by atoms with Gasteiger partial charge in [0.05, 0.1) is 11.5 Å². The summed E-state index contributed by atoms with van der Waals surface area (Å²) in [6.45, 7) is 3.65. The Morgan fingerprint density at radius 1 is 1.33 bits per heavy atom. The molecule has 0 fully saturated rings. The number of hydrogen-bond donors (Lipinski definition) is 1. The van der Waals surface area contributed by atoms with Crippen LogP contribution in [-0.4, -0.2) is 30.9 Å². The molecule has 1 rings (SSSR count). The van der Waals surface area contributed by atoms with E-state index >= 15 is 0 Å². The lowest BCUT2D eigenvalue weighted by atomic mass is 10.2. The van der Waals surface area contributed by atoms with Crippen molar-refractivity contribution >= 4 is 10.0 Å². The fourth-order valence-corrected chi connectivity index (χ4v) is 3.48. The molecule has 5 heteroatoms. The maximum atomic E-state index is 12.4. The van der Waals surface area contributed by atoms with E-state index in [-0.39, 0.29) is 17.5 Å². The molecule has 0 aliphatic carbocycles. The molecule has 0 radical (unpaired) electrons. The van der Waals surface area contributed by atoms with Crippen LogP contribution in [-0.2, 0) is 16.6 Å². The highest BCUT2D eigenvalue weighted by molar-refractivity contribution is 7.89. The van der Waals surface area contributed by atoms with Crippen LogP contribution in [0.25, 0.3) is 0 Å². The van der Waals surface area contributed by atoms with E-state index in [1.165, 1.54) is 10.4 Å². The molecule has 0 saturated carbocycles. The zero-order chi connectivity index (χ0) is 13.8. The normalized spacial score (nSPS) is 13.8. The van der Waals surface area contributed by atoms with Gasteiger partial charge in [0.2, 0.25) is 10.0 Å².